The fourth-order valence-electron chi connectivity index (χ4n) is 3.95. The van der Waals surface area contributed by atoms with Gasteiger partial charge in [-0.3, -0.25) is 4.79 Å². The van der Waals surface area contributed by atoms with Crippen molar-refractivity contribution in [3.8, 4) is 11.8 Å². The maximum absolute atomic E-state index is 13.0. The van der Waals surface area contributed by atoms with E-state index in [0.29, 0.717) is 17.7 Å². The van der Waals surface area contributed by atoms with E-state index in [-0.39, 0.29) is 11.4 Å². The smallest absolute Gasteiger partial charge is 0.253 e. The molecule has 1 aromatic carbocycles. The number of hydrogen-bond donors (Lipinski definition) is 1. The molecule has 0 bridgehead atoms. The number of hydrogen-bond acceptors (Lipinski definition) is 4. The first-order valence-corrected chi connectivity index (χ1v) is 9.61. The van der Waals surface area contributed by atoms with Crippen LogP contribution in [0.3, 0.4) is 0 Å². The summed E-state index contributed by atoms with van der Waals surface area (Å²) in [5, 5.41) is 12.1. The molecule has 28 heavy (non-hydrogen) atoms. The van der Waals surface area contributed by atoms with Crippen molar-refractivity contribution in [1.29, 1.82) is 5.26 Å². The molecule has 1 aromatic heterocycles. The Morgan fingerprint density at radius 3 is 2.46 bits per heavy atom. The summed E-state index contributed by atoms with van der Waals surface area (Å²) in [6.07, 6.45) is 1.81. The van der Waals surface area contributed by atoms with E-state index in [4.69, 9.17) is 10.00 Å². The normalized spacial score (nSPS) is 16.0. The SMILES string of the molecule is Cc1cc(C(=O)NCC2(N(C)C)CCOCC2)c(C)n1-c1ccc(C#N)cc1. The average molecular weight is 380 g/mol. The maximum atomic E-state index is 13.0. The monoisotopic (exact) mass is 380 g/mol. The summed E-state index contributed by atoms with van der Waals surface area (Å²) >= 11 is 0. The number of amides is 1. The molecular formula is C22H28N4O2. The number of carbonyl (C=O) groups is 1. The van der Waals surface area contributed by atoms with Gasteiger partial charge < -0.3 is 19.5 Å². The van der Waals surface area contributed by atoms with Gasteiger partial charge in [0.05, 0.1) is 17.2 Å². The van der Waals surface area contributed by atoms with Crippen LogP contribution in [0, 0.1) is 25.2 Å². The van der Waals surface area contributed by atoms with Gasteiger partial charge in [-0.1, -0.05) is 0 Å². The number of benzene rings is 1. The lowest BCUT2D eigenvalue weighted by Gasteiger charge is -2.42. The van der Waals surface area contributed by atoms with Crippen LogP contribution in [0.1, 0.15) is 40.2 Å². The number of nitriles is 1. The van der Waals surface area contributed by atoms with Crippen molar-refractivity contribution in [3.05, 3.63) is 52.8 Å². The molecule has 0 saturated carbocycles. The molecule has 1 aliphatic heterocycles. The Balaban J connectivity index is 1.80. The number of ether oxygens (including phenoxy) is 1. The van der Waals surface area contributed by atoms with E-state index in [1.54, 1.807) is 12.1 Å². The second-order valence-electron chi connectivity index (χ2n) is 7.69. The third-order valence-electron chi connectivity index (χ3n) is 5.88. The van der Waals surface area contributed by atoms with Gasteiger partial charge in [-0.25, -0.2) is 0 Å². The fraction of sp³-hybridized carbons (Fsp3) is 0.455. The number of rotatable bonds is 5. The highest BCUT2D eigenvalue weighted by atomic mass is 16.5. The first-order valence-electron chi connectivity index (χ1n) is 9.61. The Kier molecular flexibility index (Phi) is 5.87. The van der Waals surface area contributed by atoms with E-state index < -0.39 is 0 Å². The zero-order valence-corrected chi connectivity index (χ0v) is 17.1. The van der Waals surface area contributed by atoms with Gasteiger partial charge in [0.2, 0.25) is 0 Å². The Hall–Kier alpha value is -2.62. The molecule has 1 saturated heterocycles. The van der Waals surface area contributed by atoms with Crippen LogP contribution in [0.2, 0.25) is 0 Å². The van der Waals surface area contributed by atoms with Crippen LogP contribution >= 0.6 is 0 Å². The van der Waals surface area contributed by atoms with E-state index in [1.165, 1.54) is 0 Å². The Labute approximate surface area is 166 Å². The molecule has 2 heterocycles. The molecule has 1 N–H and O–H groups in total. The van der Waals surface area contributed by atoms with Crippen molar-refractivity contribution in [2.24, 2.45) is 0 Å². The topological polar surface area (TPSA) is 70.3 Å². The standard InChI is InChI=1S/C22H28N4O2/c1-16-13-20(17(2)26(16)19-7-5-18(14-23)6-8-19)21(27)24-15-22(25(3)4)9-11-28-12-10-22/h5-8,13H,9-12,15H2,1-4H3,(H,24,27). The fourth-order valence-corrected chi connectivity index (χ4v) is 3.95. The third-order valence-corrected chi connectivity index (χ3v) is 5.88. The molecule has 3 rings (SSSR count). The summed E-state index contributed by atoms with van der Waals surface area (Å²) in [5.41, 5.74) is 4.07. The lowest BCUT2D eigenvalue weighted by Crippen LogP contribution is -2.55. The highest BCUT2D eigenvalue weighted by Gasteiger charge is 2.35. The molecule has 1 fully saturated rings. The first kappa shape index (κ1) is 20.1. The lowest BCUT2D eigenvalue weighted by atomic mass is 9.88. The molecule has 0 atom stereocenters. The Bertz CT molecular complexity index is 884. The minimum Gasteiger partial charge on any atom is -0.381 e. The van der Waals surface area contributed by atoms with Gasteiger partial charge in [0.25, 0.3) is 5.91 Å². The van der Waals surface area contributed by atoms with Gasteiger partial charge >= 0.3 is 0 Å². The largest absolute Gasteiger partial charge is 0.381 e. The number of carbonyl (C=O) groups excluding carboxylic acids is 1. The van der Waals surface area contributed by atoms with Crippen LogP contribution in [0.15, 0.2) is 30.3 Å². The van der Waals surface area contributed by atoms with E-state index in [9.17, 15) is 4.79 Å². The van der Waals surface area contributed by atoms with E-state index in [0.717, 1.165) is 43.1 Å². The Morgan fingerprint density at radius 1 is 1.25 bits per heavy atom. The molecule has 1 amide bonds. The van der Waals surface area contributed by atoms with Crippen molar-refractivity contribution in [1.82, 2.24) is 14.8 Å². The number of nitrogens with zero attached hydrogens (tertiary/aromatic N) is 3. The minimum atomic E-state index is -0.0629. The summed E-state index contributed by atoms with van der Waals surface area (Å²) in [6, 6.07) is 11.5. The van der Waals surface area contributed by atoms with Gasteiger partial charge in [0.1, 0.15) is 0 Å². The second-order valence-corrected chi connectivity index (χ2v) is 7.69. The molecule has 0 unspecified atom stereocenters. The summed E-state index contributed by atoms with van der Waals surface area (Å²) in [4.78, 5) is 15.2. The van der Waals surface area contributed by atoms with E-state index in [2.05, 4.69) is 30.4 Å². The van der Waals surface area contributed by atoms with Crippen LogP contribution in [-0.2, 0) is 4.74 Å². The number of likely N-dealkylation sites (N-methyl/N-ethyl adjacent to an activating group) is 1. The van der Waals surface area contributed by atoms with Crippen LogP contribution in [-0.4, -0.2) is 54.8 Å². The molecule has 1 aliphatic rings. The van der Waals surface area contributed by atoms with Crippen LogP contribution in [0.25, 0.3) is 5.69 Å². The van der Waals surface area contributed by atoms with Crippen molar-refractivity contribution in [2.75, 3.05) is 33.9 Å². The lowest BCUT2D eigenvalue weighted by molar-refractivity contribution is -0.00658. The molecule has 6 nitrogen and oxygen atoms in total. The van der Waals surface area contributed by atoms with Crippen LogP contribution < -0.4 is 5.32 Å². The summed E-state index contributed by atoms with van der Waals surface area (Å²) in [7, 11) is 4.13. The van der Waals surface area contributed by atoms with Crippen LogP contribution in [0.4, 0.5) is 0 Å². The summed E-state index contributed by atoms with van der Waals surface area (Å²) in [6.45, 7) is 5.99. The van der Waals surface area contributed by atoms with Crippen molar-refractivity contribution >= 4 is 5.91 Å². The van der Waals surface area contributed by atoms with Crippen molar-refractivity contribution < 1.29 is 9.53 Å². The Morgan fingerprint density at radius 2 is 1.89 bits per heavy atom. The van der Waals surface area contributed by atoms with Gasteiger partial charge in [0, 0.05) is 42.4 Å². The van der Waals surface area contributed by atoms with Gasteiger partial charge in [0.15, 0.2) is 0 Å². The van der Waals surface area contributed by atoms with Crippen molar-refractivity contribution in [3.63, 3.8) is 0 Å². The maximum Gasteiger partial charge on any atom is 0.253 e. The van der Waals surface area contributed by atoms with Gasteiger partial charge in [-0.05, 0) is 71.1 Å². The quantitative estimate of drug-likeness (QED) is 0.866. The highest BCUT2D eigenvalue weighted by molar-refractivity contribution is 5.96. The second kappa shape index (κ2) is 8.17. The number of aromatic nitrogens is 1. The van der Waals surface area contributed by atoms with Gasteiger partial charge in [-0.15, -0.1) is 0 Å². The summed E-state index contributed by atoms with van der Waals surface area (Å²) in [5.74, 6) is -0.0549. The number of nitrogens with one attached hydrogen (secondary N) is 1. The molecule has 0 spiro atoms. The molecular weight excluding hydrogens is 352 g/mol. The molecule has 0 radical (unpaired) electrons. The van der Waals surface area contributed by atoms with Gasteiger partial charge in [-0.2, -0.15) is 5.26 Å². The van der Waals surface area contributed by atoms with Crippen molar-refractivity contribution in [2.45, 2.75) is 32.2 Å². The predicted octanol–water partition coefficient (Wildman–Crippen LogP) is 2.81. The average Bonchev–Trinajstić information content (AvgIpc) is 3.01. The molecule has 0 aliphatic carbocycles. The zero-order valence-electron chi connectivity index (χ0n) is 17.1. The van der Waals surface area contributed by atoms with E-state index in [1.807, 2.05) is 36.6 Å². The zero-order chi connectivity index (χ0) is 20.3. The minimum absolute atomic E-state index is 0.0549. The predicted molar refractivity (Wildman–Crippen MR) is 109 cm³/mol. The molecule has 6 heteroatoms. The first-order chi connectivity index (χ1) is 13.4. The summed E-state index contributed by atoms with van der Waals surface area (Å²) < 4.78 is 7.56. The highest BCUT2D eigenvalue weighted by Crippen LogP contribution is 2.26. The molecule has 148 valence electrons. The van der Waals surface area contributed by atoms with E-state index >= 15 is 0 Å². The number of aryl methyl sites for hydroxylation is 1. The third kappa shape index (κ3) is 3.82. The molecule has 2 aromatic rings. The van der Waals surface area contributed by atoms with Crippen LogP contribution in [0.5, 0.6) is 0 Å².